The van der Waals surface area contributed by atoms with E-state index in [1.165, 1.54) is 0 Å². The molecule has 8 nitrogen and oxygen atoms in total. The van der Waals surface area contributed by atoms with Crippen molar-refractivity contribution in [2.45, 2.75) is 0 Å². The Kier molecular flexibility index (Phi) is 4.32. The highest BCUT2D eigenvalue weighted by molar-refractivity contribution is 4.02. The van der Waals surface area contributed by atoms with Crippen molar-refractivity contribution in [2.24, 2.45) is 31.3 Å². The molecule has 0 saturated carbocycles. The van der Waals surface area contributed by atoms with Gasteiger partial charge in [-0.1, -0.05) is 0 Å². The molecule has 8 heavy (non-hydrogen) atoms. The number of rotatable bonds is 3. The summed E-state index contributed by atoms with van der Waals surface area (Å²) in [4.78, 5) is 0. The van der Waals surface area contributed by atoms with Gasteiger partial charge < -0.3 is 0 Å². The molecule has 0 aromatic rings. The van der Waals surface area contributed by atoms with Gasteiger partial charge in [0.05, 0.1) is 0 Å². The maximum atomic E-state index is 6.02. The molecule has 0 amide bonds. The zero-order valence-electron chi connectivity index (χ0n) is 3.68. The van der Waals surface area contributed by atoms with E-state index in [9.17, 15) is 0 Å². The van der Waals surface area contributed by atoms with Gasteiger partial charge in [-0.05, 0) is 31.3 Å². The summed E-state index contributed by atoms with van der Waals surface area (Å²) in [6, 6.07) is 0. The molecule has 0 fully saturated rings. The van der Waals surface area contributed by atoms with Crippen LogP contribution in [0.2, 0.25) is 0 Å². The summed E-state index contributed by atoms with van der Waals surface area (Å²) in [5.74, 6) is 0. The Morgan fingerprint density at radius 2 is 1.00 bits per heavy atom. The van der Waals surface area contributed by atoms with Crippen molar-refractivity contribution >= 4 is 0 Å². The smallest absolute Gasteiger partial charge is 0.0000713 e. The predicted octanol–water partition coefficient (Wildman–Crippen LogP) is 1.70. The SMILES string of the molecule is N=NN=NN=NN=N. The molecule has 8 heteroatoms. The molecule has 0 rings (SSSR count). The fourth-order valence-electron chi connectivity index (χ4n) is 0.0758. The first-order chi connectivity index (χ1) is 3.91. The molecule has 0 aromatic carbocycles. The maximum absolute atomic E-state index is 6.02. The minimum atomic E-state index is 2.46. The van der Waals surface area contributed by atoms with Crippen LogP contribution in [0.4, 0.5) is 0 Å². The minimum Gasteiger partial charge on any atom is -0.183 e. The molecule has 0 bridgehead atoms. The molecule has 0 aliphatic carbocycles. The van der Waals surface area contributed by atoms with E-state index in [-0.39, 0.29) is 0 Å². The monoisotopic (exact) mass is 114 g/mol. The molecule has 0 unspecified atom stereocenters. The van der Waals surface area contributed by atoms with Gasteiger partial charge in [-0.25, -0.2) is 0 Å². The lowest BCUT2D eigenvalue weighted by Gasteiger charge is -1.62. The third-order valence-electron chi connectivity index (χ3n) is 0.209. The molecule has 0 radical (unpaired) electrons. The van der Waals surface area contributed by atoms with Crippen molar-refractivity contribution in [3.8, 4) is 0 Å². The average Bonchev–Trinajstić information content (AvgIpc) is 1.81. The van der Waals surface area contributed by atoms with Gasteiger partial charge in [0, 0.05) is 0 Å². The Balaban J connectivity index is 3.41. The fraction of sp³-hybridized carbons (Fsp3) is 0. The predicted molar refractivity (Wildman–Crippen MR) is 20.0 cm³/mol. The molecule has 0 heterocycles. The lowest BCUT2D eigenvalue weighted by molar-refractivity contribution is 0.780. The van der Waals surface area contributed by atoms with Gasteiger partial charge in [0.2, 0.25) is 0 Å². The van der Waals surface area contributed by atoms with Gasteiger partial charge in [0.25, 0.3) is 0 Å². The number of hydrogen-bond acceptors (Lipinski definition) is 2. The molecule has 42 valence electrons. The zero-order valence-corrected chi connectivity index (χ0v) is 3.68. The molecule has 0 aromatic heterocycles. The van der Waals surface area contributed by atoms with Gasteiger partial charge in [0.1, 0.15) is 0 Å². The highest BCUT2D eigenvalue weighted by Gasteiger charge is 1.59. The average molecular weight is 114 g/mol. The van der Waals surface area contributed by atoms with Crippen molar-refractivity contribution in [1.82, 2.24) is 0 Å². The highest BCUT2D eigenvalue weighted by atomic mass is 15.6. The third kappa shape index (κ3) is 4.40. The van der Waals surface area contributed by atoms with E-state index < -0.39 is 0 Å². The third-order valence-corrected chi connectivity index (χ3v) is 0.209. The van der Waals surface area contributed by atoms with Crippen LogP contribution in [-0.2, 0) is 0 Å². The zero-order chi connectivity index (χ0) is 6.24. The van der Waals surface area contributed by atoms with Crippen molar-refractivity contribution < 1.29 is 0 Å². The van der Waals surface area contributed by atoms with Crippen LogP contribution in [-0.4, -0.2) is 0 Å². The first kappa shape index (κ1) is 6.40. The van der Waals surface area contributed by atoms with Crippen LogP contribution in [0.5, 0.6) is 0 Å². The van der Waals surface area contributed by atoms with Crippen molar-refractivity contribution in [3.63, 3.8) is 0 Å². The Morgan fingerprint density at radius 1 is 0.625 bits per heavy atom. The first-order valence-electron chi connectivity index (χ1n) is 1.45. The largest absolute Gasteiger partial charge is 0.183 e. The second kappa shape index (κ2) is 5.40. The van der Waals surface area contributed by atoms with E-state index in [1.54, 1.807) is 0 Å². The van der Waals surface area contributed by atoms with Crippen molar-refractivity contribution in [1.29, 1.82) is 11.1 Å². The lowest BCUT2D eigenvalue weighted by atomic mass is 12.4. The van der Waals surface area contributed by atoms with E-state index in [1.807, 2.05) is 0 Å². The van der Waals surface area contributed by atoms with Crippen molar-refractivity contribution in [3.05, 3.63) is 0 Å². The van der Waals surface area contributed by atoms with Gasteiger partial charge in [-0.2, -0.15) is 11.1 Å². The van der Waals surface area contributed by atoms with Gasteiger partial charge in [-0.15, -0.1) is 0 Å². The van der Waals surface area contributed by atoms with Crippen molar-refractivity contribution in [2.75, 3.05) is 0 Å². The lowest BCUT2D eigenvalue weighted by Crippen LogP contribution is -1.42. The maximum Gasteiger partial charge on any atom is -0.0000713 e. The van der Waals surface area contributed by atoms with Gasteiger partial charge >= 0.3 is 0 Å². The van der Waals surface area contributed by atoms with E-state index >= 15 is 0 Å². The van der Waals surface area contributed by atoms with Crippen LogP contribution < -0.4 is 0 Å². The van der Waals surface area contributed by atoms with Gasteiger partial charge in [-0.3, -0.25) is 0 Å². The summed E-state index contributed by atoms with van der Waals surface area (Å²) in [6.07, 6.45) is 0. The summed E-state index contributed by atoms with van der Waals surface area (Å²) in [6.45, 7) is 0. The highest BCUT2D eigenvalue weighted by Crippen LogP contribution is 1.79. The summed E-state index contributed by atoms with van der Waals surface area (Å²) < 4.78 is 0. The Labute approximate surface area is 43.7 Å². The first-order valence-corrected chi connectivity index (χ1v) is 1.45. The van der Waals surface area contributed by atoms with Crippen LogP contribution in [0.1, 0.15) is 0 Å². The van der Waals surface area contributed by atoms with Crippen LogP contribution >= 0.6 is 0 Å². The summed E-state index contributed by atoms with van der Waals surface area (Å²) in [5.41, 5.74) is 12.0. The number of nitrogens with one attached hydrogen (secondary N) is 2. The number of nitrogens with zero attached hydrogens (tertiary/aromatic N) is 6. The second-order valence-electron chi connectivity index (χ2n) is 0.558. The second-order valence-corrected chi connectivity index (χ2v) is 0.558. The Bertz CT molecular complexity index is 100. The summed E-state index contributed by atoms with van der Waals surface area (Å²) in [7, 11) is 0. The molecule has 0 aliphatic rings. The van der Waals surface area contributed by atoms with Crippen LogP contribution in [0.15, 0.2) is 31.3 Å². The molecule has 0 spiro atoms. The Morgan fingerprint density at radius 3 is 1.25 bits per heavy atom. The topological polar surface area (TPSA) is 122 Å². The fourth-order valence-corrected chi connectivity index (χ4v) is 0.0758. The van der Waals surface area contributed by atoms with Crippen LogP contribution in [0, 0.1) is 11.1 Å². The molecule has 0 saturated heterocycles. The van der Waals surface area contributed by atoms with E-state index in [4.69, 9.17) is 11.1 Å². The normalized spacial score (nSPS) is 10.5. The molecular formula is H2N8. The number of hydrogen-bond donors (Lipinski definition) is 2. The molecular weight excluding hydrogens is 112 g/mol. The van der Waals surface area contributed by atoms with E-state index in [0.717, 1.165) is 0 Å². The van der Waals surface area contributed by atoms with E-state index in [0.29, 0.717) is 0 Å². The quantitative estimate of drug-likeness (QED) is 0.409. The minimum absolute atomic E-state index is 2.46. The summed E-state index contributed by atoms with van der Waals surface area (Å²) in [5, 5.41) is 16.0. The molecule has 0 atom stereocenters. The summed E-state index contributed by atoms with van der Waals surface area (Å²) >= 11 is 0. The van der Waals surface area contributed by atoms with E-state index in [2.05, 4.69) is 31.3 Å². The standard InChI is InChI=1S/H2N8/c1-3-5-7-8-6-4-2/h1-2H. The van der Waals surface area contributed by atoms with Crippen LogP contribution in [0.25, 0.3) is 0 Å². The van der Waals surface area contributed by atoms with Crippen LogP contribution in [0.3, 0.4) is 0 Å². The molecule has 2 N–H and O–H groups in total. The molecule has 0 aliphatic heterocycles. The van der Waals surface area contributed by atoms with Gasteiger partial charge in [0.15, 0.2) is 0 Å². The Hall–Kier alpha value is -1.60.